The Hall–Kier alpha value is -2.78. The predicted molar refractivity (Wildman–Crippen MR) is 124 cm³/mol. The zero-order chi connectivity index (χ0) is 23.2. The molecular weight excluding hydrogens is 455 g/mol. The Morgan fingerprint density at radius 2 is 1.72 bits per heavy atom. The Balaban J connectivity index is 1.75. The number of anilines is 1. The molecule has 1 saturated heterocycles. The lowest BCUT2D eigenvalue weighted by molar-refractivity contribution is 0.0240. The third kappa shape index (κ3) is 4.14. The van der Waals surface area contributed by atoms with Crippen molar-refractivity contribution in [1.82, 2.24) is 24.0 Å². The number of aromatic nitrogens is 4. The van der Waals surface area contributed by atoms with Crippen LogP contribution >= 0.6 is 23.2 Å². The molecule has 0 aliphatic carbocycles. The number of carbonyl (C=O) groups excluding carboxylic acids is 1. The fourth-order valence-electron chi connectivity index (χ4n) is 3.56. The highest BCUT2D eigenvalue weighted by Crippen LogP contribution is 2.30. The second-order valence-electron chi connectivity index (χ2n) is 8.57. The number of nitrogens with zero attached hydrogens (tertiary/aromatic N) is 6. The number of amides is 1. The van der Waals surface area contributed by atoms with E-state index in [9.17, 15) is 9.59 Å². The molecule has 1 amide bonds. The number of imidazole rings is 1. The Bertz CT molecular complexity index is 1240. The van der Waals surface area contributed by atoms with Crippen molar-refractivity contribution in [3.8, 4) is 5.69 Å². The first-order valence-corrected chi connectivity index (χ1v) is 10.9. The van der Waals surface area contributed by atoms with Crippen molar-refractivity contribution in [2.75, 3.05) is 31.1 Å². The molecule has 0 spiro atoms. The van der Waals surface area contributed by atoms with E-state index in [1.54, 1.807) is 22.6 Å². The number of rotatable bonds is 2. The van der Waals surface area contributed by atoms with Crippen molar-refractivity contribution >= 4 is 46.4 Å². The first-order chi connectivity index (χ1) is 15.1. The Kier molecular flexibility index (Phi) is 5.81. The van der Waals surface area contributed by atoms with E-state index >= 15 is 0 Å². The van der Waals surface area contributed by atoms with Crippen LogP contribution in [0.1, 0.15) is 20.8 Å². The van der Waals surface area contributed by atoms with E-state index in [0.29, 0.717) is 42.8 Å². The minimum absolute atomic E-state index is 0.0487. The highest BCUT2D eigenvalue weighted by molar-refractivity contribution is 6.32. The molecule has 0 saturated carbocycles. The number of halogens is 2. The second-order valence-corrected chi connectivity index (χ2v) is 9.32. The van der Waals surface area contributed by atoms with Gasteiger partial charge in [-0.05, 0) is 44.5 Å². The molecular formula is C21H24Cl2N6O3. The van der Waals surface area contributed by atoms with Crippen LogP contribution in [0.2, 0.25) is 10.3 Å². The van der Waals surface area contributed by atoms with Crippen LogP contribution in [0.3, 0.4) is 0 Å². The van der Waals surface area contributed by atoms with Crippen molar-refractivity contribution in [2.45, 2.75) is 26.4 Å². The summed E-state index contributed by atoms with van der Waals surface area (Å²) in [5.74, 6) is 0.517. The third-order valence-corrected chi connectivity index (χ3v) is 5.79. The van der Waals surface area contributed by atoms with Crippen LogP contribution in [0.25, 0.3) is 16.9 Å². The van der Waals surface area contributed by atoms with Crippen molar-refractivity contribution in [1.29, 1.82) is 0 Å². The van der Waals surface area contributed by atoms with Crippen LogP contribution in [0, 0.1) is 0 Å². The summed E-state index contributed by atoms with van der Waals surface area (Å²) in [7, 11) is 1.56. The summed E-state index contributed by atoms with van der Waals surface area (Å²) in [4.78, 5) is 38.1. The lowest BCUT2D eigenvalue weighted by Crippen LogP contribution is -2.50. The molecule has 0 radical (unpaired) electrons. The van der Waals surface area contributed by atoms with Gasteiger partial charge < -0.3 is 14.5 Å². The van der Waals surface area contributed by atoms with E-state index in [1.807, 2.05) is 43.9 Å². The highest BCUT2D eigenvalue weighted by atomic mass is 35.5. The average molecular weight is 479 g/mol. The van der Waals surface area contributed by atoms with Crippen LogP contribution in [0.5, 0.6) is 0 Å². The maximum Gasteiger partial charge on any atom is 0.410 e. The summed E-state index contributed by atoms with van der Waals surface area (Å²) in [6.45, 7) is 7.42. The number of carbonyl (C=O) groups is 1. The van der Waals surface area contributed by atoms with Gasteiger partial charge in [0.15, 0.2) is 11.2 Å². The maximum absolute atomic E-state index is 13.1. The normalized spacial score (nSPS) is 14.8. The van der Waals surface area contributed by atoms with E-state index in [1.165, 1.54) is 4.57 Å². The van der Waals surface area contributed by atoms with E-state index in [4.69, 9.17) is 27.9 Å². The fourth-order valence-corrected chi connectivity index (χ4v) is 3.94. The molecule has 170 valence electrons. The molecule has 1 aliphatic heterocycles. The van der Waals surface area contributed by atoms with Gasteiger partial charge in [0.1, 0.15) is 5.60 Å². The highest BCUT2D eigenvalue weighted by Gasteiger charge is 2.30. The van der Waals surface area contributed by atoms with Crippen LogP contribution in [-0.4, -0.2) is 61.9 Å². The second kappa shape index (κ2) is 8.29. The zero-order valence-corrected chi connectivity index (χ0v) is 19.8. The van der Waals surface area contributed by atoms with E-state index < -0.39 is 5.60 Å². The minimum atomic E-state index is -0.558. The Labute approximate surface area is 195 Å². The third-order valence-electron chi connectivity index (χ3n) is 5.13. The van der Waals surface area contributed by atoms with Gasteiger partial charge in [0.2, 0.25) is 11.2 Å². The first-order valence-electron chi connectivity index (χ1n) is 10.2. The topological polar surface area (TPSA) is 85.5 Å². The summed E-state index contributed by atoms with van der Waals surface area (Å²) in [5, 5.41) is 0.519. The molecule has 1 aromatic carbocycles. The zero-order valence-electron chi connectivity index (χ0n) is 18.3. The number of para-hydroxylation sites is 1. The van der Waals surface area contributed by atoms with Gasteiger partial charge in [-0.3, -0.25) is 13.9 Å². The van der Waals surface area contributed by atoms with E-state index in [0.717, 1.165) is 0 Å². The Morgan fingerprint density at radius 3 is 2.34 bits per heavy atom. The smallest absolute Gasteiger partial charge is 0.410 e. The minimum Gasteiger partial charge on any atom is -0.444 e. The number of hydrogen-bond donors (Lipinski definition) is 0. The van der Waals surface area contributed by atoms with Crippen LogP contribution in [0.4, 0.5) is 10.7 Å². The standard InChI is InChI=1S/C21H24Cl2N6O3/c1-21(2,3)32-20(31)28-11-9-27(10-12-28)19-25-16-15(17(30)26(4)18(23)24-16)29(19)14-8-6-5-7-13(14)22/h5-8H,9-12H2,1-4H3. The summed E-state index contributed by atoms with van der Waals surface area (Å²) in [5.41, 5.74) is 0.253. The van der Waals surface area contributed by atoms with Crippen molar-refractivity contribution in [2.24, 2.45) is 7.05 Å². The van der Waals surface area contributed by atoms with E-state index in [2.05, 4.69) is 9.97 Å². The number of ether oxygens (including phenoxy) is 1. The molecule has 2 aromatic heterocycles. The van der Waals surface area contributed by atoms with Gasteiger partial charge in [-0.2, -0.15) is 9.97 Å². The SMILES string of the molecule is Cn1c(Cl)nc2nc(N3CCN(C(=O)OC(C)(C)C)CC3)n(-c3ccccc3Cl)c2c1=O. The molecule has 3 heterocycles. The summed E-state index contributed by atoms with van der Waals surface area (Å²) < 4.78 is 8.46. The number of fused-ring (bicyclic) bond motifs is 1. The first kappa shape index (κ1) is 22.4. The predicted octanol–water partition coefficient (Wildman–Crippen LogP) is 3.48. The molecule has 0 bridgehead atoms. The van der Waals surface area contributed by atoms with Crippen LogP contribution in [-0.2, 0) is 11.8 Å². The molecule has 1 aliphatic rings. The van der Waals surface area contributed by atoms with Crippen molar-refractivity contribution in [3.05, 3.63) is 44.9 Å². The van der Waals surface area contributed by atoms with Gasteiger partial charge in [0.25, 0.3) is 5.56 Å². The van der Waals surface area contributed by atoms with Crippen molar-refractivity contribution < 1.29 is 9.53 Å². The lowest BCUT2D eigenvalue weighted by atomic mass is 10.2. The molecule has 11 heteroatoms. The van der Waals surface area contributed by atoms with Gasteiger partial charge >= 0.3 is 6.09 Å². The fraction of sp³-hybridized carbons (Fsp3) is 0.429. The summed E-state index contributed by atoms with van der Waals surface area (Å²) in [6, 6.07) is 7.22. The van der Waals surface area contributed by atoms with Gasteiger partial charge in [0.05, 0.1) is 10.7 Å². The largest absolute Gasteiger partial charge is 0.444 e. The molecule has 3 aromatic rings. The molecule has 0 unspecified atom stereocenters. The van der Waals surface area contributed by atoms with E-state index in [-0.39, 0.29) is 28.1 Å². The van der Waals surface area contributed by atoms with Gasteiger partial charge in [-0.25, -0.2) is 4.79 Å². The molecule has 0 N–H and O–H groups in total. The molecule has 1 fully saturated rings. The summed E-state index contributed by atoms with van der Waals surface area (Å²) >= 11 is 12.6. The molecule has 32 heavy (non-hydrogen) atoms. The van der Waals surface area contributed by atoms with Crippen LogP contribution in [0.15, 0.2) is 29.1 Å². The number of hydrogen-bond acceptors (Lipinski definition) is 6. The quantitative estimate of drug-likeness (QED) is 0.524. The summed E-state index contributed by atoms with van der Waals surface area (Å²) in [6.07, 6.45) is -0.348. The van der Waals surface area contributed by atoms with Gasteiger partial charge in [-0.1, -0.05) is 23.7 Å². The van der Waals surface area contributed by atoms with Crippen molar-refractivity contribution in [3.63, 3.8) is 0 Å². The average Bonchev–Trinajstić information content (AvgIpc) is 3.10. The Morgan fingerprint density at radius 1 is 1.06 bits per heavy atom. The lowest BCUT2D eigenvalue weighted by Gasteiger charge is -2.36. The number of benzene rings is 1. The molecule has 9 nitrogen and oxygen atoms in total. The number of piperazine rings is 1. The van der Waals surface area contributed by atoms with Crippen LogP contribution < -0.4 is 10.5 Å². The molecule has 4 rings (SSSR count). The van der Waals surface area contributed by atoms with Gasteiger partial charge in [-0.15, -0.1) is 0 Å². The monoisotopic (exact) mass is 478 g/mol. The molecule has 0 atom stereocenters. The maximum atomic E-state index is 13.1. The van der Waals surface area contributed by atoms with Gasteiger partial charge in [0, 0.05) is 33.2 Å².